The number of aliphatic hydroxyl groups excluding tert-OH is 1. The summed E-state index contributed by atoms with van der Waals surface area (Å²) in [6.07, 6.45) is -4.69. The molecule has 1 aromatic carbocycles. The lowest BCUT2D eigenvalue weighted by molar-refractivity contribution is -0.142. The van der Waals surface area contributed by atoms with Crippen LogP contribution >= 0.6 is 22.9 Å². The SMILES string of the molecule is OCc1c(C(F)(F)F)nn(-c2nc3ccccc3s2)c1Cl. The number of para-hydroxylation sites is 1. The number of nitrogens with zero attached hydrogens (tertiary/aromatic N) is 3. The van der Waals surface area contributed by atoms with Gasteiger partial charge in [0.05, 0.1) is 16.8 Å². The van der Waals surface area contributed by atoms with E-state index in [4.69, 9.17) is 16.7 Å². The third-order valence-electron chi connectivity index (χ3n) is 2.81. The standard InChI is InChI=1S/C12H7ClF3N3OS/c13-10-6(5-20)9(12(14,15)16)18-19(10)11-17-7-3-1-2-4-8(7)21-11/h1-4,20H,5H2. The van der Waals surface area contributed by atoms with Crippen LogP contribution in [0.2, 0.25) is 5.15 Å². The van der Waals surface area contributed by atoms with Gasteiger partial charge in [-0.3, -0.25) is 0 Å². The zero-order chi connectivity index (χ0) is 15.2. The number of hydrogen-bond donors (Lipinski definition) is 1. The highest BCUT2D eigenvalue weighted by molar-refractivity contribution is 7.20. The molecule has 0 saturated heterocycles. The van der Waals surface area contributed by atoms with Crippen molar-refractivity contribution in [2.24, 2.45) is 0 Å². The van der Waals surface area contributed by atoms with Gasteiger partial charge in [0.2, 0.25) is 5.13 Å². The van der Waals surface area contributed by atoms with Crippen LogP contribution in [0, 0.1) is 0 Å². The predicted molar refractivity (Wildman–Crippen MR) is 72.7 cm³/mol. The van der Waals surface area contributed by atoms with Crippen molar-refractivity contribution in [1.82, 2.24) is 14.8 Å². The number of rotatable bonds is 2. The number of halogens is 4. The summed E-state index contributed by atoms with van der Waals surface area (Å²) in [6.45, 7) is -0.849. The van der Waals surface area contributed by atoms with Crippen molar-refractivity contribution in [2.75, 3.05) is 0 Å². The summed E-state index contributed by atoms with van der Waals surface area (Å²) in [4.78, 5) is 4.20. The Bertz CT molecular complexity index is 779. The molecule has 9 heteroatoms. The van der Waals surface area contributed by atoms with Crippen molar-refractivity contribution >= 4 is 33.2 Å². The average molecular weight is 334 g/mol. The topological polar surface area (TPSA) is 50.9 Å². The third-order valence-corrected chi connectivity index (χ3v) is 4.21. The van der Waals surface area contributed by atoms with Gasteiger partial charge in [0.1, 0.15) is 5.15 Å². The van der Waals surface area contributed by atoms with Crippen LogP contribution in [0.4, 0.5) is 13.2 Å². The fourth-order valence-corrected chi connectivity index (χ4v) is 3.12. The Morgan fingerprint density at radius 1 is 1.29 bits per heavy atom. The minimum Gasteiger partial charge on any atom is -0.391 e. The van der Waals surface area contributed by atoms with Gasteiger partial charge in [0.15, 0.2) is 5.69 Å². The van der Waals surface area contributed by atoms with Crippen LogP contribution in [0.25, 0.3) is 15.3 Å². The number of fused-ring (bicyclic) bond motifs is 1. The number of thiazole rings is 1. The second-order valence-electron chi connectivity index (χ2n) is 4.15. The van der Waals surface area contributed by atoms with Gasteiger partial charge in [0.25, 0.3) is 0 Å². The number of aromatic nitrogens is 3. The summed E-state index contributed by atoms with van der Waals surface area (Å²) in [5.74, 6) is 0. The van der Waals surface area contributed by atoms with Gasteiger partial charge in [-0.15, -0.1) is 0 Å². The average Bonchev–Trinajstić information content (AvgIpc) is 2.98. The van der Waals surface area contributed by atoms with Gasteiger partial charge in [-0.1, -0.05) is 35.1 Å². The maximum atomic E-state index is 12.9. The molecular weight excluding hydrogens is 327 g/mol. The maximum Gasteiger partial charge on any atom is 0.435 e. The molecule has 3 aromatic rings. The molecule has 0 radical (unpaired) electrons. The van der Waals surface area contributed by atoms with E-state index >= 15 is 0 Å². The van der Waals surface area contributed by atoms with Crippen LogP contribution in [0.3, 0.4) is 0 Å². The van der Waals surface area contributed by atoms with Crippen LogP contribution in [0.5, 0.6) is 0 Å². The summed E-state index contributed by atoms with van der Waals surface area (Å²) < 4.78 is 40.4. The molecular formula is C12H7ClF3N3OS. The lowest BCUT2D eigenvalue weighted by Gasteiger charge is -2.03. The number of alkyl halides is 3. The molecule has 0 amide bonds. The van der Waals surface area contributed by atoms with Crippen LogP contribution in [-0.4, -0.2) is 19.9 Å². The van der Waals surface area contributed by atoms with Gasteiger partial charge >= 0.3 is 6.18 Å². The molecule has 0 atom stereocenters. The van der Waals surface area contributed by atoms with E-state index in [9.17, 15) is 13.2 Å². The molecule has 2 heterocycles. The Morgan fingerprint density at radius 2 is 2.00 bits per heavy atom. The molecule has 110 valence electrons. The Morgan fingerprint density at radius 3 is 2.57 bits per heavy atom. The molecule has 0 saturated carbocycles. The fraction of sp³-hybridized carbons (Fsp3) is 0.167. The van der Waals surface area contributed by atoms with E-state index in [2.05, 4.69) is 10.1 Å². The summed E-state index contributed by atoms with van der Waals surface area (Å²) in [5, 5.41) is 12.5. The first-order valence-electron chi connectivity index (χ1n) is 5.73. The number of benzene rings is 1. The minimum absolute atomic E-state index is 0.214. The van der Waals surface area contributed by atoms with E-state index in [0.29, 0.717) is 5.52 Å². The Balaban J connectivity index is 2.20. The minimum atomic E-state index is -4.69. The van der Waals surface area contributed by atoms with Gasteiger partial charge in [-0.2, -0.15) is 23.0 Å². The zero-order valence-corrected chi connectivity index (χ0v) is 11.8. The molecule has 0 spiro atoms. The van der Waals surface area contributed by atoms with Crippen molar-refractivity contribution < 1.29 is 18.3 Å². The second-order valence-corrected chi connectivity index (χ2v) is 5.52. The summed E-state index contributed by atoms with van der Waals surface area (Å²) in [7, 11) is 0. The highest BCUT2D eigenvalue weighted by Gasteiger charge is 2.39. The van der Waals surface area contributed by atoms with Crippen LogP contribution in [-0.2, 0) is 12.8 Å². The van der Waals surface area contributed by atoms with Crippen LogP contribution < -0.4 is 0 Å². The molecule has 0 aliphatic heterocycles. The molecule has 0 fully saturated rings. The molecule has 0 unspecified atom stereocenters. The smallest absolute Gasteiger partial charge is 0.391 e. The zero-order valence-electron chi connectivity index (χ0n) is 10.2. The maximum absolute atomic E-state index is 12.9. The summed E-state index contributed by atoms with van der Waals surface area (Å²) in [5.41, 5.74) is -1.01. The molecule has 4 nitrogen and oxygen atoms in total. The van der Waals surface area contributed by atoms with Gasteiger partial charge in [-0.05, 0) is 12.1 Å². The number of hydrogen-bond acceptors (Lipinski definition) is 4. The molecule has 0 aliphatic carbocycles. The van der Waals surface area contributed by atoms with E-state index in [1.807, 2.05) is 0 Å². The summed E-state index contributed by atoms with van der Waals surface area (Å²) in [6, 6.07) is 7.11. The largest absolute Gasteiger partial charge is 0.435 e. The fourth-order valence-electron chi connectivity index (χ4n) is 1.88. The Kier molecular flexibility index (Phi) is 3.39. The predicted octanol–water partition coefficient (Wildman–Crippen LogP) is 3.65. The van der Waals surface area contributed by atoms with Crippen molar-refractivity contribution in [1.29, 1.82) is 0 Å². The Labute approximate surface area is 125 Å². The molecule has 21 heavy (non-hydrogen) atoms. The highest BCUT2D eigenvalue weighted by atomic mass is 35.5. The number of aliphatic hydroxyl groups is 1. The molecule has 1 N–H and O–H groups in total. The second kappa shape index (κ2) is 4.97. The van der Waals surface area contributed by atoms with E-state index in [0.717, 1.165) is 20.7 Å². The van der Waals surface area contributed by atoms with Gasteiger partial charge in [0, 0.05) is 5.56 Å². The van der Waals surface area contributed by atoms with Gasteiger partial charge in [-0.25, -0.2) is 4.98 Å². The molecule has 0 bridgehead atoms. The summed E-state index contributed by atoms with van der Waals surface area (Å²) >= 11 is 7.07. The van der Waals surface area contributed by atoms with Crippen LogP contribution in [0.15, 0.2) is 24.3 Å². The quantitative estimate of drug-likeness (QED) is 0.779. The first-order chi connectivity index (χ1) is 9.91. The van der Waals surface area contributed by atoms with Crippen molar-refractivity contribution in [3.8, 4) is 5.13 Å². The molecule has 2 aromatic heterocycles. The third kappa shape index (κ3) is 2.39. The van der Waals surface area contributed by atoms with Gasteiger partial charge < -0.3 is 5.11 Å². The van der Waals surface area contributed by atoms with Crippen LogP contribution in [0.1, 0.15) is 11.3 Å². The van der Waals surface area contributed by atoms with Crippen molar-refractivity contribution in [3.63, 3.8) is 0 Å². The van der Waals surface area contributed by atoms with E-state index in [-0.39, 0.29) is 10.3 Å². The lowest BCUT2D eigenvalue weighted by Crippen LogP contribution is -2.09. The monoisotopic (exact) mass is 333 g/mol. The lowest BCUT2D eigenvalue weighted by atomic mass is 10.2. The van der Waals surface area contributed by atoms with Crippen molar-refractivity contribution in [2.45, 2.75) is 12.8 Å². The first-order valence-corrected chi connectivity index (χ1v) is 6.92. The highest BCUT2D eigenvalue weighted by Crippen LogP contribution is 2.36. The van der Waals surface area contributed by atoms with E-state index in [1.165, 1.54) is 0 Å². The molecule has 0 aliphatic rings. The van der Waals surface area contributed by atoms with Crippen molar-refractivity contribution in [3.05, 3.63) is 40.7 Å². The normalized spacial score (nSPS) is 12.2. The van der Waals surface area contributed by atoms with E-state index < -0.39 is 24.0 Å². The first kappa shape index (κ1) is 14.3. The van der Waals surface area contributed by atoms with E-state index in [1.54, 1.807) is 24.3 Å². The Hall–Kier alpha value is -1.64. The molecule has 3 rings (SSSR count).